The molecule has 3 nitrogen and oxygen atoms in total. The van der Waals surface area contributed by atoms with Gasteiger partial charge in [0.2, 0.25) is 0 Å². The van der Waals surface area contributed by atoms with Gasteiger partial charge in [0.1, 0.15) is 6.29 Å². The van der Waals surface area contributed by atoms with Gasteiger partial charge in [-0.1, -0.05) is 18.2 Å². The van der Waals surface area contributed by atoms with Crippen molar-refractivity contribution in [3.63, 3.8) is 0 Å². The first-order valence-electron chi connectivity index (χ1n) is 4.86. The fourth-order valence-corrected chi connectivity index (χ4v) is 1.23. The highest BCUT2D eigenvalue weighted by molar-refractivity contribution is 5.94. The van der Waals surface area contributed by atoms with E-state index in [0.29, 0.717) is 12.0 Å². The van der Waals surface area contributed by atoms with Crippen LogP contribution in [0.3, 0.4) is 0 Å². The molecule has 0 radical (unpaired) electrons. The van der Waals surface area contributed by atoms with Crippen LogP contribution < -0.4 is 5.32 Å². The van der Waals surface area contributed by atoms with Crippen LogP contribution in [0.15, 0.2) is 30.3 Å². The van der Waals surface area contributed by atoms with Gasteiger partial charge in [-0.15, -0.1) is 0 Å². The van der Waals surface area contributed by atoms with Gasteiger partial charge >= 0.3 is 0 Å². The quantitative estimate of drug-likeness (QED) is 0.762. The summed E-state index contributed by atoms with van der Waals surface area (Å²) in [7, 11) is 0. The second-order valence-corrected chi connectivity index (χ2v) is 4.07. The van der Waals surface area contributed by atoms with Crippen molar-refractivity contribution >= 4 is 12.2 Å². The van der Waals surface area contributed by atoms with E-state index in [1.165, 1.54) is 0 Å². The molecule has 1 aromatic carbocycles. The Morgan fingerprint density at radius 2 is 1.93 bits per heavy atom. The Labute approximate surface area is 89.5 Å². The maximum atomic E-state index is 11.7. The summed E-state index contributed by atoms with van der Waals surface area (Å²) in [5.41, 5.74) is 0.116. The highest BCUT2D eigenvalue weighted by atomic mass is 16.2. The Hall–Kier alpha value is -1.64. The monoisotopic (exact) mass is 205 g/mol. The van der Waals surface area contributed by atoms with Crippen molar-refractivity contribution in [1.82, 2.24) is 5.32 Å². The van der Waals surface area contributed by atoms with Crippen molar-refractivity contribution in [2.24, 2.45) is 0 Å². The van der Waals surface area contributed by atoms with Gasteiger partial charge in [-0.05, 0) is 26.0 Å². The van der Waals surface area contributed by atoms with Crippen molar-refractivity contribution in [3.05, 3.63) is 35.9 Å². The standard InChI is InChI=1S/C12H15NO2/c1-12(2,8-9-14)13-11(15)10-6-4-3-5-7-10/h3-7,9H,8H2,1-2H3,(H,13,15). The van der Waals surface area contributed by atoms with E-state index < -0.39 is 5.54 Å². The molecule has 15 heavy (non-hydrogen) atoms. The third kappa shape index (κ3) is 3.54. The third-order valence-corrected chi connectivity index (χ3v) is 2.08. The molecule has 0 heterocycles. The zero-order valence-electron chi connectivity index (χ0n) is 8.99. The highest BCUT2D eigenvalue weighted by Crippen LogP contribution is 2.08. The second-order valence-electron chi connectivity index (χ2n) is 4.07. The summed E-state index contributed by atoms with van der Waals surface area (Å²) in [5, 5.41) is 2.80. The normalized spacial score (nSPS) is 10.8. The molecule has 0 atom stereocenters. The zero-order valence-corrected chi connectivity index (χ0v) is 8.99. The SMILES string of the molecule is CC(C)(CC=O)NC(=O)c1ccccc1. The van der Waals surface area contributed by atoms with E-state index in [1.54, 1.807) is 12.1 Å². The van der Waals surface area contributed by atoms with Crippen LogP contribution in [-0.4, -0.2) is 17.7 Å². The minimum atomic E-state index is -0.491. The first-order chi connectivity index (χ1) is 7.05. The molecule has 0 saturated carbocycles. The number of carbonyl (C=O) groups excluding carboxylic acids is 2. The molecule has 0 unspecified atom stereocenters. The van der Waals surface area contributed by atoms with Crippen LogP contribution in [0.25, 0.3) is 0 Å². The van der Waals surface area contributed by atoms with E-state index in [-0.39, 0.29) is 5.91 Å². The van der Waals surface area contributed by atoms with Gasteiger partial charge in [-0.25, -0.2) is 0 Å². The summed E-state index contributed by atoms with van der Waals surface area (Å²) in [4.78, 5) is 22.1. The molecule has 1 amide bonds. The molecule has 3 heteroatoms. The Bertz CT molecular complexity index is 344. The predicted octanol–water partition coefficient (Wildman–Crippen LogP) is 1.78. The van der Waals surface area contributed by atoms with Gasteiger partial charge in [0.25, 0.3) is 5.91 Å². The third-order valence-electron chi connectivity index (χ3n) is 2.08. The summed E-state index contributed by atoms with van der Waals surface area (Å²) >= 11 is 0. The highest BCUT2D eigenvalue weighted by Gasteiger charge is 2.20. The Morgan fingerprint density at radius 3 is 2.47 bits per heavy atom. The van der Waals surface area contributed by atoms with Crippen molar-refractivity contribution in [3.8, 4) is 0 Å². The van der Waals surface area contributed by atoms with Gasteiger partial charge in [0.05, 0.1) is 0 Å². The molecule has 0 bridgehead atoms. The van der Waals surface area contributed by atoms with E-state index >= 15 is 0 Å². The Kier molecular flexibility index (Phi) is 3.61. The smallest absolute Gasteiger partial charge is 0.251 e. The number of hydrogen-bond acceptors (Lipinski definition) is 2. The summed E-state index contributed by atoms with van der Waals surface area (Å²) < 4.78 is 0. The van der Waals surface area contributed by atoms with Gasteiger partial charge < -0.3 is 10.1 Å². The number of nitrogens with one attached hydrogen (secondary N) is 1. The second kappa shape index (κ2) is 4.73. The molecule has 0 fully saturated rings. The molecular formula is C12H15NO2. The van der Waals surface area contributed by atoms with Gasteiger partial charge in [0.15, 0.2) is 0 Å². The van der Waals surface area contributed by atoms with E-state index in [0.717, 1.165) is 6.29 Å². The maximum Gasteiger partial charge on any atom is 0.251 e. The lowest BCUT2D eigenvalue weighted by Gasteiger charge is -2.23. The topological polar surface area (TPSA) is 46.2 Å². The fraction of sp³-hybridized carbons (Fsp3) is 0.333. The molecule has 0 saturated heterocycles. The number of rotatable bonds is 4. The van der Waals surface area contributed by atoms with E-state index in [4.69, 9.17) is 0 Å². The van der Waals surface area contributed by atoms with Crippen molar-refractivity contribution in [2.75, 3.05) is 0 Å². The molecule has 0 aromatic heterocycles. The van der Waals surface area contributed by atoms with Gasteiger partial charge in [0, 0.05) is 17.5 Å². The van der Waals surface area contributed by atoms with Crippen LogP contribution in [-0.2, 0) is 4.79 Å². The lowest BCUT2D eigenvalue weighted by molar-refractivity contribution is -0.108. The Balaban J connectivity index is 2.68. The first-order valence-corrected chi connectivity index (χ1v) is 4.86. The van der Waals surface area contributed by atoms with Crippen LogP contribution >= 0.6 is 0 Å². The van der Waals surface area contributed by atoms with E-state index in [1.807, 2.05) is 32.0 Å². The van der Waals surface area contributed by atoms with Crippen molar-refractivity contribution in [2.45, 2.75) is 25.8 Å². The fourth-order valence-electron chi connectivity index (χ4n) is 1.23. The van der Waals surface area contributed by atoms with Crippen LogP contribution in [0, 0.1) is 0 Å². The van der Waals surface area contributed by atoms with Crippen LogP contribution in [0.4, 0.5) is 0 Å². The van der Waals surface area contributed by atoms with Crippen molar-refractivity contribution in [1.29, 1.82) is 0 Å². The molecular weight excluding hydrogens is 190 g/mol. The van der Waals surface area contributed by atoms with E-state index in [9.17, 15) is 9.59 Å². The average molecular weight is 205 g/mol. The summed E-state index contributed by atoms with van der Waals surface area (Å²) in [5.74, 6) is -0.151. The lowest BCUT2D eigenvalue weighted by Crippen LogP contribution is -2.43. The van der Waals surface area contributed by atoms with Crippen LogP contribution in [0.1, 0.15) is 30.6 Å². The molecule has 0 aliphatic heterocycles. The molecule has 80 valence electrons. The predicted molar refractivity (Wildman–Crippen MR) is 58.7 cm³/mol. The number of carbonyl (C=O) groups is 2. The minimum Gasteiger partial charge on any atom is -0.347 e. The summed E-state index contributed by atoms with van der Waals surface area (Å²) in [6.07, 6.45) is 1.12. The molecule has 1 aromatic rings. The summed E-state index contributed by atoms with van der Waals surface area (Å²) in [6, 6.07) is 8.95. The average Bonchev–Trinajstić information content (AvgIpc) is 2.18. The number of amides is 1. The largest absolute Gasteiger partial charge is 0.347 e. The first kappa shape index (κ1) is 11.4. The number of aldehydes is 1. The van der Waals surface area contributed by atoms with Gasteiger partial charge in [-0.3, -0.25) is 4.79 Å². The molecule has 1 rings (SSSR count). The Morgan fingerprint density at radius 1 is 1.33 bits per heavy atom. The number of hydrogen-bond donors (Lipinski definition) is 1. The minimum absolute atomic E-state index is 0.151. The molecule has 0 spiro atoms. The summed E-state index contributed by atoms with van der Waals surface area (Å²) in [6.45, 7) is 3.64. The maximum absolute atomic E-state index is 11.7. The van der Waals surface area contributed by atoms with Crippen LogP contribution in [0.5, 0.6) is 0 Å². The molecule has 0 aliphatic rings. The zero-order chi connectivity index (χ0) is 11.3. The lowest BCUT2D eigenvalue weighted by atomic mass is 10.0. The van der Waals surface area contributed by atoms with Crippen LogP contribution in [0.2, 0.25) is 0 Å². The molecule has 0 aliphatic carbocycles. The molecule has 1 N–H and O–H groups in total. The van der Waals surface area contributed by atoms with E-state index in [2.05, 4.69) is 5.32 Å². The van der Waals surface area contributed by atoms with Gasteiger partial charge in [-0.2, -0.15) is 0 Å². The number of benzene rings is 1. The van der Waals surface area contributed by atoms with Crippen molar-refractivity contribution < 1.29 is 9.59 Å².